The van der Waals surface area contributed by atoms with Crippen LogP contribution in [0.2, 0.25) is 0 Å². The summed E-state index contributed by atoms with van der Waals surface area (Å²) in [5, 5.41) is 0. The maximum atomic E-state index is 6.97. The van der Waals surface area contributed by atoms with Gasteiger partial charge in [-0.3, -0.25) is 18.9 Å². The van der Waals surface area contributed by atoms with Gasteiger partial charge >= 0.3 is 6.16 Å². The van der Waals surface area contributed by atoms with Crippen molar-refractivity contribution < 1.29 is 18.9 Å². The Morgan fingerprint density at radius 1 is 0.388 bits per heavy atom. The van der Waals surface area contributed by atoms with Crippen molar-refractivity contribution in [1.29, 1.82) is 0 Å². The standard InChI is InChI=1S/C29H20Br16O4/c1-25(42)13(30)5-9(17(34)21(25)38)46-29(47-10-6-14(31)26(2,43)22(39)18(10)35,48-11-7-15(32)27(3,44)23(40)19(11)36)49-12-8-16(33)28(4,45)24(41)20(12)37/h5-12H,1-4H3. The van der Waals surface area contributed by atoms with Crippen LogP contribution < -0.4 is 0 Å². The molecule has 4 rings (SSSR count). The van der Waals surface area contributed by atoms with Crippen molar-refractivity contribution in [3.05, 3.63) is 78.1 Å². The molecule has 8 unspecified atom stereocenters. The molecule has 4 nitrogen and oxygen atoms in total. The second kappa shape index (κ2) is 17.6. The number of allylic oxidation sites excluding steroid dienone is 8. The number of rotatable bonds is 8. The van der Waals surface area contributed by atoms with Crippen LogP contribution in [0.4, 0.5) is 0 Å². The summed E-state index contributed by atoms with van der Waals surface area (Å²) >= 11 is 60.3. The van der Waals surface area contributed by atoms with E-state index in [4.69, 9.17) is 18.9 Å². The first-order chi connectivity index (χ1) is 22.2. The molecule has 0 aliphatic heterocycles. The zero-order chi connectivity index (χ0) is 37.4. The van der Waals surface area contributed by atoms with Gasteiger partial charge in [-0.05, 0) is 52.0 Å². The predicted molar refractivity (Wildman–Crippen MR) is 259 cm³/mol. The van der Waals surface area contributed by atoms with Gasteiger partial charge in [0.15, 0.2) is 0 Å². The fraction of sp³-hybridized carbons (Fsp3) is 0.448. The quantitative estimate of drug-likeness (QED) is 0.179. The van der Waals surface area contributed by atoms with Crippen LogP contribution in [0.3, 0.4) is 0 Å². The summed E-state index contributed by atoms with van der Waals surface area (Å²) in [6.45, 7) is 8.04. The van der Waals surface area contributed by atoms with E-state index in [0.29, 0.717) is 17.9 Å². The largest absolute Gasteiger partial charge is 0.416 e. The molecule has 0 radical (unpaired) electrons. The van der Waals surface area contributed by atoms with Gasteiger partial charge in [-0.1, -0.05) is 255 Å². The van der Waals surface area contributed by atoms with Crippen LogP contribution in [0, 0.1) is 0 Å². The van der Waals surface area contributed by atoms with Gasteiger partial charge in [0.1, 0.15) is 24.4 Å². The number of hydrogen-bond acceptors (Lipinski definition) is 4. The van der Waals surface area contributed by atoms with E-state index in [-0.39, 0.29) is 0 Å². The summed E-state index contributed by atoms with van der Waals surface area (Å²) < 4.78 is 34.9. The highest BCUT2D eigenvalue weighted by Crippen LogP contribution is 2.55. The molecule has 0 spiro atoms. The Bertz CT molecular complexity index is 1430. The smallest absolute Gasteiger partial charge is 0.290 e. The topological polar surface area (TPSA) is 36.9 Å². The Morgan fingerprint density at radius 2 is 0.551 bits per heavy atom. The third-order valence-electron chi connectivity index (χ3n) is 7.56. The highest BCUT2D eigenvalue weighted by Gasteiger charge is 2.52. The summed E-state index contributed by atoms with van der Waals surface area (Å²) in [4.78, 5) is 0. The molecule has 0 fully saturated rings. The third kappa shape index (κ3) is 9.59. The molecule has 0 heterocycles. The first-order valence-corrected chi connectivity index (χ1v) is 26.1. The average molecular weight is 1710 g/mol. The van der Waals surface area contributed by atoms with E-state index in [1.54, 1.807) is 0 Å². The van der Waals surface area contributed by atoms with Gasteiger partial charge in [-0.25, -0.2) is 0 Å². The van der Waals surface area contributed by atoms with Crippen molar-refractivity contribution in [2.75, 3.05) is 0 Å². The molecule has 4 aliphatic rings. The molecule has 4 aliphatic carbocycles. The Hall–Kier alpha value is 5.44. The molecular formula is C29H20Br16O4. The molecule has 0 aromatic heterocycles. The van der Waals surface area contributed by atoms with Crippen molar-refractivity contribution in [1.82, 2.24) is 0 Å². The summed E-state index contributed by atoms with van der Waals surface area (Å²) in [6.07, 6.45) is 2.37. The minimum Gasteiger partial charge on any atom is -0.290 e. The molecule has 0 aromatic rings. The fourth-order valence-corrected chi connectivity index (χ4v) is 13.9. The number of halogens is 16. The van der Waals surface area contributed by atoms with Crippen LogP contribution in [0.25, 0.3) is 0 Å². The van der Waals surface area contributed by atoms with Crippen LogP contribution >= 0.6 is 255 Å². The van der Waals surface area contributed by atoms with Gasteiger partial charge < -0.3 is 0 Å². The van der Waals surface area contributed by atoms with Crippen LogP contribution in [0.1, 0.15) is 27.7 Å². The van der Waals surface area contributed by atoms with E-state index in [0.717, 1.165) is 35.9 Å². The van der Waals surface area contributed by atoms with E-state index in [1.807, 2.05) is 52.0 Å². The second-order valence-electron chi connectivity index (χ2n) is 11.4. The summed E-state index contributed by atoms with van der Waals surface area (Å²) in [6, 6.07) is 0. The van der Waals surface area contributed by atoms with Gasteiger partial charge in [-0.15, -0.1) is 0 Å². The lowest BCUT2D eigenvalue weighted by Crippen LogP contribution is -2.52. The van der Waals surface area contributed by atoms with E-state index in [2.05, 4.69) is 255 Å². The molecular weight excluding hydrogens is 1690 g/mol. The number of hydrogen-bond donors (Lipinski definition) is 0. The molecule has 0 amide bonds. The molecule has 272 valence electrons. The lowest BCUT2D eigenvalue weighted by Gasteiger charge is -2.44. The molecule has 0 saturated carbocycles. The maximum Gasteiger partial charge on any atom is 0.416 e. The molecule has 0 aromatic carbocycles. The van der Waals surface area contributed by atoms with Gasteiger partial charge in [0.05, 0.1) is 17.3 Å². The van der Waals surface area contributed by atoms with Gasteiger partial charge in [-0.2, -0.15) is 0 Å². The van der Waals surface area contributed by atoms with Crippen molar-refractivity contribution in [2.24, 2.45) is 0 Å². The highest BCUT2D eigenvalue weighted by molar-refractivity contribution is 9.18. The zero-order valence-electron chi connectivity index (χ0n) is 24.8. The van der Waals surface area contributed by atoms with E-state index in [1.165, 1.54) is 0 Å². The summed E-state index contributed by atoms with van der Waals surface area (Å²) in [5.41, 5.74) is 0. The van der Waals surface area contributed by atoms with Crippen molar-refractivity contribution in [2.45, 2.75) is 75.6 Å². The van der Waals surface area contributed by atoms with Crippen LogP contribution in [0.5, 0.6) is 0 Å². The first-order valence-electron chi connectivity index (χ1n) is 13.4. The minimum absolute atomic E-state index is 0.549. The van der Waals surface area contributed by atoms with Gasteiger partial charge in [0, 0.05) is 53.8 Å². The lowest BCUT2D eigenvalue weighted by atomic mass is 10.0. The van der Waals surface area contributed by atoms with Crippen LogP contribution in [0.15, 0.2) is 78.1 Å². The summed E-state index contributed by atoms with van der Waals surface area (Å²) in [5.74, 6) is 0. The third-order valence-corrected chi connectivity index (χ3v) is 29.7. The number of ether oxygens (including phenoxy) is 4. The molecule has 49 heavy (non-hydrogen) atoms. The second-order valence-corrected chi connectivity index (χ2v) is 27.7. The average Bonchev–Trinajstić information content (AvgIpc) is 3.01. The normalized spacial score (nSPS) is 38.8. The predicted octanol–water partition coefficient (Wildman–Crippen LogP) is 16.9. The Kier molecular flexibility index (Phi) is 16.9. The first kappa shape index (κ1) is 47.1. The van der Waals surface area contributed by atoms with E-state index >= 15 is 0 Å². The monoisotopic (exact) mass is 1690 g/mol. The lowest BCUT2D eigenvalue weighted by molar-refractivity contribution is -0.513. The molecule has 20 heteroatoms. The molecule has 8 atom stereocenters. The molecule has 0 N–H and O–H groups in total. The molecule has 0 bridgehead atoms. The van der Waals surface area contributed by atoms with Gasteiger partial charge in [0.2, 0.25) is 0 Å². The highest BCUT2D eigenvalue weighted by atomic mass is 79.9. The van der Waals surface area contributed by atoms with Crippen LogP contribution in [-0.4, -0.2) is 47.9 Å². The van der Waals surface area contributed by atoms with Gasteiger partial charge in [0.25, 0.3) is 0 Å². The Balaban J connectivity index is 1.99. The zero-order valence-corrected chi connectivity index (χ0v) is 50.2. The van der Waals surface area contributed by atoms with Crippen molar-refractivity contribution in [3.8, 4) is 0 Å². The SMILES string of the molecule is CC1(Br)C(Br)=CC(OC(OC2C=C(Br)C(C)(Br)C(Br)=C2Br)(OC2C=C(Br)C(C)(Br)C(Br)=C2Br)OC2C=C(Br)C(C)(Br)C(Br)=C2Br)C(Br)=C1Br. The van der Waals surface area contributed by atoms with Crippen molar-refractivity contribution in [3.63, 3.8) is 0 Å². The van der Waals surface area contributed by atoms with E-state index < -0.39 is 47.9 Å². The summed E-state index contributed by atoms with van der Waals surface area (Å²) in [7, 11) is 0. The van der Waals surface area contributed by atoms with E-state index in [9.17, 15) is 0 Å². The maximum absolute atomic E-state index is 6.97. The van der Waals surface area contributed by atoms with Crippen molar-refractivity contribution >= 4 is 255 Å². The minimum atomic E-state index is -2.22. The number of alkyl halides is 4. The Labute approximate surface area is 420 Å². The Morgan fingerprint density at radius 3 is 0.714 bits per heavy atom. The molecule has 0 saturated heterocycles. The fourth-order valence-electron chi connectivity index (χ4n) is 4.40. The van der Waals surface area contributed by atoms with Crippen LogP contribution in [-0.2, 0) is 18.9 Å².